The van der Waals surface area contributed by atoms with Crippen molar-refractivity contribution in [2.45, 2.75) is 6.54 Å². The van der Waals surface area contributed by atoms with Crippen molar-refractivity contribution in [3.63, 3.8) is 0 Å². The lowest BCUT2D eigenvalue weighted by Crippen LogP contribution is -2.19. The lowest BCUT2D eigenvalue weighted by Gasteiger charge is -2.04. The number of phenols is 1. The lowest BCUT2D eigenvalue weighted by molar-refractivity contribution is 0.467. The molecular weight excluding hydrogens is 217 g/mol. The van der Waals surface area contributed by atoms with E-state index in [2.05, 4.69) is 5.32 Å². The Morgan fingerprint density at radius 1 is 1.47 bits per heavy atom. The normalized spacial score (nSPS) is 12.7. The fourth-order valence-corrected chi connectivity index (χ4v) is 1.62. The van der Waals surface area contributed by atoms with Gasteiger partial charge < -0.3 is 10.4 Å². The van der Waals surface area contributed by atoms with Gasteiger partial charge in [0.05, 0.1) is 0 Å². The molecule has 2 N–H and O–H groups in total. The van der Waals surface area contributed by atoms with E-state index in [1.165, 1.54) is 12.1 Å². The standard InChI is InChI=1S/C10H14FNO2S/c1-15(14)3-2-12-7-8-4-9(11)6-10(13)5-8/h4-6,12-13H,2-3,7H2,1H3. The molecule has 1 atom stereocenters. The molecule has 1 rings (SSSR count). The first-order chi connectivity index (χ1) is 7.08. The van der Waals surface area contributed by atoms with Gasteiger partial charge in [-0.25, -0.2) is 4.39 Å². The van der Waals surface area contributed by atoms with Gasteiger partial charge in [0, 0.05) is 42.0 Å². The maximum Gasteiger partial charge on any atom is 0.127 e. The van der Waals surface area contributed by atoms with E-state index in [4.69, 9.17) is 5.11 Å². The van der Waals surface area contributed by atoms with Gasteiger partial charge in [0.25, 0.3) is 0 Å². The second kappa shape index (κ2) is 5.82. The van der Waals surface area contributed by atoms with E-state index in [0.29, 0.717) is 24.4 Å². The van der Waals surface area contributed by atoms with Gasteiger partial charge in [-0.05, 0) is 17.7 Å². The van der Waals surface area contributed by atoms with Crippen LogP contribution < -0.4 is 5.32 Å². The number of halogens is 1. The highest BCUT2D eigenvalue weighted by atomic mass is 32.2. The smallest absolute Gasteiger partial charge is 0.127 e. The molecule has 0 heterocycles. The van der Waals surface area contributed by atoms with Crippen molar-refractivity contribution in [1.29, 1.82) is 0 Å². The molecule has 1 aromatic carbocycles. The van der Waals surface area contributed by atoms with E-state index < -0.39 is 16.6 Å². The van der Waals surface area contributed by atoms with Gasteiger partial charge >= 0.3 is 0 Å². The van der Waals surface area contributed by atoms with Gasteiger partial charge in [0.15, 0.2) is 0 Å². The Morgan fingerprint density at radius 2 is 2.20 bits per heavy atom. The number of hydrogen-bond donors (Lipinski definition) is 2. The predicted molar refractivity (Wildman–Crippen MR) is 58.7 cm³/mol. The van der Waals surface area contributed by atoms with E-state index in [1.807, 2.05) is 0 Å². The first-order valence-electron chi connectivity index (χ1n) is 4.57. The fourth-order valence-electron chi connectivity index (χ4n) is 1.18. The summed E-state index contributed by atoms with van der Waals surface area (Å²) >= 11 is 0. The summed E-state index contributed by atoms with van der Waals surface area (Å²) in [7, 11) is -0.818. The van der Waals surface area contributed by atoms with Gasteiger partial charge in [0.2, 0.25) is 0 Å². The average molecular weight is 231 g/mol. The van der Waals surface area contributed by atoms with Crippen LogP contribution in [0, 0.1) is 5.82 Å². The van der Waals surface area contributed by atoms with Crippen LogP contribution in [0.4, 0.5) is 4.39 Å². The molecule has 0 saturated heterocycles. The minimum absolute atomic E-state index is 0.0779. The minimum Gasteiger partial charge on any atom is -0.508 e. The average Bonchev–Trinajstić information content (AvgIpc) is 2.10. The third kappa shape index (κ3) is 4.90. The summed E-state index contributed by atoms with van der Waals surface area (Å²) in [5, 5.41) is 12.1. The molecule has 0 spiro atoms. The Balaban J connectivity index is 2.40. The van der Waals surface area contributed by atoms with Gasteiger partial charge in [0.1, 0.15) is 11.6 Å². The zero-order valence-corrected chi connectivity index (χ0v) is 9.31. The molecule has 0 aromatic heterocycles. The first-order valence-corrected chi connectivity index (χ1v) is 6.30. The van der Waals surface area contributed by atoms with Crippen LogP contribution in [-0.2, 0) is 17.3 Å². The zero-order valence-electron chi connectivity index (χ0n) is 8.50. The summed E-state index contributed by atoms with van der Waals surface area (Å²) in [6, 6.07) is 3.92. The molecule has 0 aliphatic heterocycles. The third-order valence-corrected chi connectivity index (χ3v) is 2.62. The highest BCUT2D eigenvalue weighted by Crippen LogP contribution is 2.14. The highest BCUT2D eigenvalue weighted by molar-refractivity contribution is 7.84. The molecule has 1 aromatic rings. The van der Waals surface area contributed by atoms with Crippen molar-refractivity contribution in [2.24, 2.45) is 0 Å². The van der Waals surface area contributed by atoms with E-state index in [1.54, 1.807) is 6.26 Å². The molecule has 0 aliphatic carbocycles. The number of rotatable bonds is 5. The van der Waals surface area contributed by atoms with Crippen molar-refractivity contribution in [1.82, 2.24) is 5.32 Å². The maximum absolute atomic E-state index is 12.8. The maximum atomic E-state index is 12.8. The molecule has 0 fully saturated rings. The number of benzene rings is 1. The van der Waals surface area contributed by atoms with Crippen molar-refractivity contribution >= 4 is 10.8 Å². The number of phenolic OH excluding ortho intramolecular Hbond substituents is 1. The van der Waals surface area contributed by atoms with Gasteiger partial charge in [-0.2, -0.15) is 0 Å². The summed E-state index contributed by atoms with van der Waals surface area (Å²) < 4.78 is 23.6. The third-order valence-electron chi connectivity index (χ3n) is 1.84. The zero-order chi connectivity index (χ0) is 11.3. The van der Waals surface area contributed by atoms with E-state index >= 15 is 0 Å². The van der Waals surface area contributed by atoms with E-state index in [0.717, 1.165) is 6.07 Å². The molecule has 0 bridgehead atoms. The second-order valence-corrected chi connectivity index (χ2v) is 4.83. The molecule has 0 aliphatic rings. The van der Waals surface area contributed by atoms with Crippen LogP contribution >= 0.6 is 0 Å². The summed E-state index contributed by atoms with van der Waals surface area (Å²) in [4.78, 5) is 0. The summed E-state index contributed by atoms with van der Waals surface area (Å²) in [5.74, 6) is 0.0399. The highest BCUT2D eigenvalue weighted by Gasteiger charge is 1.99. The van der Waals surface area contributed by atoms with E-state index in [-0.39, 0.29) is 5.75 Å². The summed E-state index contributed by atoms with van der Waals surface area (Å²) in [5.41, 5.74) is 0.675. The Hall–Kier alpha value is -0.940. The van der Waals surface area contributed by atoms with Gasteiger partial charge in [-0.15, -0.1) is 0 Å². The topological polar surface area (TPSA) is 49.3 Å². The summed E-state index contributed by atoms with van der Waals surface area (Å²) in [6.45, 7) is 1.07. The quantitative estimate of drug-likeness (QED) is 0.743. The van der Waals surface area contributed by atoms with Crippen LogP contribution in [0.25, 0.3) is 0 Å². The SMILES string of the molecule is CS(=O)CCNCc1cc(O)cc(F)c1. The monoisotopic (exact) mass is 231 g/mol. The van der Waals surface area contributed by atoms with Crippen molar-refractivity contribution in [3.05, 3.63) is 29.6 Å². The minimum atomic E-state index is -0.818. The molecule has 0 amide bonds. The fraction of sp³-hybridized carbons (Fsp3) is 0.400. The number of hydrogen-bond acceptors (Lipinski definition) is 3. The summed E-state index contributed by atoms with van der Waals surface area (Å²) in [6.07, 6.45) is 1.63. The Morgan fingerprint density at radius 3 is 2.80 bits per heavy atom. The molecule has 0 saturated carbocycles. The van der Waals surface area contributed by atoms with Crippen LogP contribution in [0.5, 0.6) is 5.75 Å². The Bertz CT molecular complexity index is 337. The molecular formula is C10H14FNO2S. The molecule has 15 heavy (non-hydrogen) atoms. The molecule has 3 nitrogen and oxygen atoms in total. The van der Waals surface area contributed by atoms with Crippen LogP contribution in [0.3, 0.4) is 0 Å². The van der Waals surface area contributed by atoms with Gasteiger partial charge in [-0.1, -0.05) is 0 Å². The van der Waals surface area contributed by atoms with Crippen molar-refractivity contribution in [2.75, 3.05) is 18.6 Å². The van der Waals surface area contributed by atoms with Crippen LogP contribution in [-0.4, -0.2) is 27.9 Å². The second-order valence-electron chi connectivity index (χ2n) is 3.27. The van der Waals surface area contributed by atoms with Crippen LogP contribution in [0.1, 0.15) is 5.56 Å². The van der Waals surface area contributed by atoms with Crippen LogP contribution in [0.15, 0.2) is 18.2 Å². The van der Waals surface area contributed by atoms with Crippen LogP contribution in [0.2, 0.25) is 0 Å². The number of aromatic hydroxyl groups is 1. The van der Waals surface area contributed by atoms with Crippen molar-refractivity contribution < 1.29 is 13.7 Å². The predicted octanol–water partition coefficient (Wildman–Crippen LogP) is 0.999. The largest absolute Gasteiger partial charge is 0.508 e. The van der Waals surface area contributed by atoms with E-state index in [9.17, 15) is 8.60 Å². The number of nitrogens with one attached hydrogen (secondary N) is 1. The Kier molecular flexibility index (Phi) is 4.71. The Labute approximate surface area is 90.8 Å². The molecule has 5 heteroatoms. The first kappa shape index (κ1) is 12.1. The van der Waals surface area contributed by atoms with Crippen molar-refractivity contribution in [3.8, 4) is 5.75 Å². The lowest BCUT2D eigenvalue weighted by atomic mass is 10.2. The molecule has 0 radical (unpaired) electrons. The van der Waals surface area contributed by atoms with Gasteiger partial charge in [-0.3, -0.25) is 4.21 Å². The molecule has 84 valence electrons. The molecule has 1 unspecified atom stereocenters.